The Morgan fingerprint density at radius 2 is 1.91 bits per heavy atom. The minimum Gasteiger partial charge on any atom is -0.352 e. The number of carbonyl (C=O) groups excluding carboxylic acids is 2. The van der Waals surface area contributed by atoms with Gasteiger partial charge < -0.3 is 5.32 Å². The first-order valence-electron chi connectivity index (χ1n) is 10.7. The van der Waals surface area contributed by atoms with Crippen molar-refractivity contribution in [2.45, 2.75) is 22.6 Å². The van der Waals surface area contributed by atoms with Gasteiger partial charge in [0.05, 0.1) is 22.5 Å². The smallest absolute Gasteiger partial charge is 0.252 e. The minimum atomic E-state index is -0.477. The fourth-order valence-electron chi connectivity index (χ4n) is 3.32. The van der Waals surface area contributed by atoms with E-state index in [-0.39, 0.29) is 12.3 Å². The SMILES string of the molecule is O=C(CCCNC(=O)c1ccccc1Sc1ccc2c(C=Cc3ccccn3)n[nH]c2c1)NO. The molecule has 0 aliphatic carbocycles. The van der Waals surface area contributed by atoms with E-state index in [2.05, 4.69) is 20.5 Å². The molecule has 0 saturated heterocycles. The zero-order valence-electron chi connectivity index (χ0n) is 18.2. The molecule has 0 radical (unpaired) electrons. The highest BCUT2D eigenvalue weighted by Gasteiger charge is 2.13. The van der Waals surface area contributed by atoms with Crippen LogP contribution in [0, 0.1) is 0 Å². The number of aromatic nitrogens is 3. The number of hydroxylamine groups is 1. The summed E-state index contributed by atoms with van der Waals surface area (Å²) in [5.74, 6) is -0.688. The molecule has 0 aliphatic heterocycles. The Balaban J connectivity index is 1.45. The second-order valence-corrected chi connectivity index (χ2v) is 8.51. The second kappa shape index (κ2) is 11.3. The minimum absolute atomic E-state index is 0.135. The molecule has 2 amide bonds. The van der Waals surface area contributed by atoms with E-state index in [9.17, 15) is 9.59 Å². The van der Waals surface area contributed by atoms with Gasteiger partial charge in [-0.15, -0.1) is 0 Å². The number of rotatable bonds is 9. The molecule has 0 aliphatic rings. The van der Waals surface area contributed by atoms with Crippen LogP contribution in [0.4, 0.5) is 0 Å². The van der Waals surface area contributed by atoms with Crippen LogP contribution in [0.3, 0.4) is 0 Å². The highest BCUT2D eigenvalue weighted by molar-refractivity contribution is 7.99. The van der Waals surface area contributed by atoms with E-state index in [0.29, 0.717) is 18.5 Å². The largest absolute Gasteiger partial charge is 0.352 e. The molecule has 4 N–H and O–H groups in total. The van der Waals surface area contributed by atoms with Gasteiger partial charge in [-0.05, 0) is 61.0 Å². The number of nitrogens with zero attached hydrogens (tertiary/aromatic N) is 2. The first kappa shape index (κ1) is 23.2. The maximum absolute atomic E-state index is 12.7. The van der Waals surface area contributed by atoms with Gasteiger partial charge in [-0.3, -0.25) is 24.9 Å². The third-order valence-electron chi connectivity index (χ3n) is 5.01. The highest BCUT2D eigenvalue weighted by atomic mass is 32.2. The van der Waals surface area contributed by atoms with Gasteiger partial charge in [-0.25, -0.2) is 5.48 Å². The molecule has 2 aromatic heterocycles. The van der Waals surface area contributed by atoms with Crippen molar-refractivity contribution in [1.82, 2.24) is 26.0 Å². The van der Waals surface area contributed by atoms with Crippen LogP contribution in [0.25, 0.3) is 23.1 Å². The zero-order valence-corrected chi connectivity index (χ0v) is 19.0. The number of nitrogens with one attached hydrogen (secondary N) is 3. The molecule has 2 aromatic carbocycles. The maximum Gasteiger partial charge on any atom is 0.252 e. The van der Waals surface area contributed by atoms with Crippen LogP contribution < -0.4 is 10.8 Å². The average molecular weight is 474 g/mol. The molecule has 2 heterocycles. The first-order valence-corrected chi connectivity index (χ1v) is 11.5. The fraction of sp³-hybridized carbons (Fsp3) is 0.120. The number of carbonyl (C=O) groups is 2. The van der Waals surface area contributed by atoms with Crippen molar-refractivity contribution in [3.63, 3.8) is 0 Å². The lowest BCUT2D eigenvalue weighted by atomic mass is 10.2. The molecule has 34 heavy (non-hydrogen) atoms. The number of hydrogen-bond acceptors (Lipinski definition) is 6. The number of pyridine rings is 1. The van der Waals surface area contributed by atoms with Crippen molar-refractivity contribution in [1.29, 1.82) is 0 Å². The number of hydrogen-bond donors (Lipinski definition) is 4. The molecule has 4 aromatic rings. The molecule has 0 spiro atoms. The monoisotopic (exact) mass is 473 g/mol. The van der Waals surface area contributed by atoms with E-state index in [1.54, 1.807) is 17.7 Å². The van der Waals surface area contributed by atoms with Gasteiger partial charge in [-0.1, -0.05) is 30.0 Å². The Labute approximate surface area is 200 Å². The fourth-order valence-corrected chi connectivity index (χ4v) is 4.31. The van der Waals surface area contributed by atoms with Gasteiger partial charge in [0.2, 0.25) is 5.91 Å². The van der Waals surface area contributed by atoms with Crippen LogP contribution in [0.2, 0.25) is 0 Å². The predicted molar refractivity (Wildman–Crippen MR) is 131 cm³/mol. The van der Waals surface area contributed by atoms with E-state index in [1.807, 2.05) is 66.7 Å². The van der Waals surface area contributed by atoms with Gasteiger partial charge in [0, 0.05) is 34.3 Å². The van der Waals surface area contributed by atoms with Gasteiger partial charge in [0.15, 0.2) is 0 Å². The summed E-state index contributed by atoms with van der Waals surface area (Å²) in [6.45, 7) is 0.333. The summed E-state index contributed by atoms with van der Waals surface area (Å²) in [6, 6.07) is 19.1. The van der Waals surface area contributed by atoms with E-state index in [0.717, 1.165) is 32.1 Å². The Bertz CT molecular complexity index is 1320. The molecular formula is C25H23N5O3S. The second-order valence-electron chi connectivity index (χ2n) is 7.40. The van der Waals surface area contributed by atoms with Crippen molar-refractivity contribution in [2.24, 2.45) is 0 Å². The van der Waals surface area contributed by atoms with Crippen molar-refractivity contribution in [3.8, 4) is 0 Å². The molecule has 0 saturated carbocycles. The zero-order chi connectivity index (χ0) is 23.8. The van der Waals surface area contributed by atoms with Gasteiger partial charge in [-0.2, -0.15) is 5.10 Å². The average Bonchev–Trinajstić information content (AvgIpc) is 3.28. The molecule has 0 fully saturated rings. The number of amides is 2. The third kappa shape index (κ3) is 5.89. The summed E-state index contributed by atoms with van der Waals surface area (Å²) >= 11 is 1.49. The quantitative estimate of drug-likeness (QED) is 0.163. The normalized spacial score (nSPS) is 11.1. The topological polar surface area (TPSA) is 120 Å². The van der Waals surface area contributed by atoms with Crippen LogP contribution in [-0.2, 0) is 4.79 Å². The Morgan fingerprint density at radius 1 is 1.06 bits per heavy atom. The van der Waals surface area contributed by atoms with Crippen LogP contribution in [0.1, 0.15) is 34.6 Å². The molecule has 8 nitrogen and oxygen atoms in total. The number of benzene rings is 2. The Morgan fingerprint density at radius 3 is 2.74 bits per heavy atom. The van der Waals surface area contributed by atoms with Crippen LogP contribution in [0.15, 0.2) is 76.7 Å². The van der Waals surface area contributed by atoms with Crippen molar-refractivity contribution >= 4 is 46.6 Å². The summed E-state index contributed by atoms with van der Waals surface area (Å²) in [5.41, 5.74) is 4.72. The van der Waals surface area contributed by atoms with Crippen LogP contribution in [0.5, 0.6) is 0 Å². The standard InChI is InChI=1S/C25H23N5O3S/c31-24(30-33)9-5-15-27-25(32)20-7-1-2-8-23(20)34-18-11-12-19-21(28-29-22(19)16-18)13-10-17-6-3-4-14-26-17/h1-4,6-8,10-14,16,33H,5,9,15H2,(H,27,32)(H,28,29)(H,30,31). The summed E-state index contributed by atoms with van der Waals surface area (Å²) in [5, 5.41) is 19.8. The van der Waals surface area contributed by atoms with Crippen LogP contribution >= 0.6 is 11.8 Å². The maximum atomic E-state index is 12.7. The van der Waals surface area contributed by atoms with Gasteiger partial charge >= 0.3 is 0 Å². The first-order chi connectivity index (χ1) is 16.6. The third-order valence-corrected chi connectivity index (χ3v) is 6.08. The summed E-state index contributed by atoms with van der Waals surface area (Å²) in [6.07, 6.45) is 6.16. The summed E-state index contributed by atoms with van der Waals surface area (Å²) in [7, 11) is 0. The Hall–Kier alpha value is -3.95. The molecule has 172 valence electrons. The number of H-pyrrole nitrogens is 1. The lowest BCUT2D eigenvalue weighted by Gasteiger charge is -2.10. The summed E-state index contributed by atoms with van der Waals surface area (Å²) in [4.78, 5) is 29.8. The lowest BCUT2D eigenvalue weighted by Crippen LogP contribution is -2.26. The number of fused-ring (bicyclic) bond motifs is 1. The van der Waals surface area contributed by atoms with Gasteiger partial charge in [0.1, 0.15) is 0 Å². The van der Waals surface area contributed by atoms with Crippen molar-refractivity contribution in [2.75, 3.05) is 6.54 Å². The Kier molecular flexibility index (Phi) is 7.69. The van der Waals surface area contributed by atoms with E-state index in [4.69, 9.17) is 5.21 Å². The van der Waals surface area contributed by atoms with E-state index < -0.39 is 5.91 Å². The van der Waals surface area contributed by atoms with Crippen molar-refractivity contribution in [3.05, 3.63) is 83.8 Å². The van der Waals surface area contributed by atoms with Gasteiger partial charge in [0.25, 0.3) is 5.91 Å². The molecule has 0 atom stereocenters. The van der Waals surface area contributed by atoms with E-state index >= 15 is 0 Å². The molecular weight excluding hydrogens is 450 g/mol. The van der Waals surface area contributed by atoms with Crippen LogP contribution in [-0.4, -0.2) is 38.7 Å². The predicted octanol–water partition coefficient (Wildman–Crippen LogP) is 4.29. The highest BCUT2D eigenvalue weighted by Crippen LogP contribution is 2.32. The molecule has 0 unspecified atom stereocenters. The number of aromatic amines is 1. The summed E-state index contributed by atoms with van der Waals surface area (Å²) < 4.78 is 0. The lowest BCUT2D eigenvalue weighted by molar-refractivity contribution is -0.129. The molecule has 9 heteroatoms. The van der Waals surface area contributed by atoms with Crippen molar-refractivity contribution < 1.29 is 14.8 Å². The molecule has 0 bridgehead atoms. The van der Waals surface area contributed by atoms with E-state index in [1.165, 1.54) is 11.8 Å². The molecule has 4 rings (SSSR count).